The lowest BCUT2D eigenvalue weighted by molar-refractivity contribution is -0.372. The van der Waals surface area contributed by atoms with Crippen LogP contribution in [-0.4, -0.2) is 121 Å². The molecule has 15 atom stereocenters. The lowest BCUT2D eigenvalue weighted by Gasteiger charge is -2.52. The van der Waals surface area contributed by atoms with Gasteiger partial charge in [0.2, 0.25) is 0 Å². The normalized spacial score (nSPS) is 24.3. The standard InChI is InChI=1S/C89H90Cl3NO15S/c90-89(91,92)88(94)93-76-80(100-56-68-41-21-6-22-42-68)79(107-86-83(103-59-71-47-27-9-28-48-71)81(101-57-69-43-23-7-24-44-69)77(98-54-66-37-17-4-18-38-66)73(105-86)60-95-51-63-31-11-1-12-32-63)75(62-97-53-65-35-15-3-16-36-65)104-85(76)108-84-82(102-58-70-45-25-8-26-46-70)78(99-55-67-39-19-5-20-40-67)74(61-96-52-64-33-13-2-14-34-64)106-87(84)109-72-49-29-10-30-50-72/h1-50,73-87H,51-62H2,(H,93,94)/t73-,74-,75-,76-,77+,78-,79-,80-,81+,82+,83-,84+,85+,86+,87+/m1/s1. The monoisotopic (exact) mass is 1550 g/mol. The van der Waals surface area contributed by atoms with E-state index in [0.29, 0.717) is 6.61 Å². The number of carbonyl (C=O) groups is 1. The molecular weight excluding hydrogens is 1460 g/mol. The minimum atomic E-state index is -2.54. The molecule has 16 nitrogen and oxygen atoms in total. The van der Waals surface area contributed by atoms with Gasteiger partial charge in [0.1, 0.15) is 78.6 Å². The summed E-state index contributed by atoms with van der Waals surface area (Å²) in [4.78, 5) is 15.9. The van der Waals surface area contributed by atoms with Crippen molar-refractivity contribution in [2.24, 2.45) is 0 Å². The first-order chi connectivity index (χ1) is 53.6. The zero-order valence-electron chi connectivity index (χ0n) is 60.2. The summed E-state index contributed by atoms with van der Waals surface area (Å²) in [6.07, 6.45) is -14.2. The topological polar surface area (TPSA) is 158 Å². The van der Waals surface area contributed by atoms with Gasteiger partial charge in [0.15, 0.2) is 12.6 Å². The van der Waals surface area contributed by atoms with E-state index in [2.05, 4.69) is 5.32 Å². The summed E-state index contributed by atoms with van der Waals surface area (Å²) in [6.45, 7) is 1.29. The SMILES string of the molecule is O=C(N[C@H]1[C@H](O[C@H]2[C@@H](OCc3ccccc3)[C@H](OCc3ccccc3)[C@@H](COCc3ccccc3)O[C@H]2Sc2ccccc2)O[C@H](COCc2ccccc2)[C@@H](O[C@@H]2O[C@H](COCc3ccccc3)[C@H](OCc3ccccc3)[C@H](OCc3ccccc3)[C@H]2OCc2ccccc2)[C@@H]1OCc1ccccc1)C(Cl)(Cl)Cl. The molecule has 3 saturated heterocycles. The van der Waals surface area contributed by atoms with E-state index >= 15 is 4.79 Å². The molecule has 3 fully saturated rings. The number of hydrogen-bond acceptors (Lipinski definition) is 16. The number of benzene rings is 10. The summed E-state index contributed by atoms with van der Waals surface area (Å²) < 4.78 is 99.2. The molecule has 0 radical (unpaired) electrons. The molecule has 13 rings (SSSR count). The van der Waals surface area contributed by atoms with Crippen molar-refractivity contribution in [3.8, 4) is 0 Å². The molecule has 568 valence electrons. The predicted octanol–water partition coefficient (Wildman–Crippen LogP) is 16.7. The Hall–Kier alpha value is -7.67. The van der Waals surface area contributed by atoms with Gasteiger partial charge in [-0.05, 0) is 62.2 Å². The third-order valence-corrected chi connectivity index (χ3v) is 20.5. The number of halogens is 3. The molecule has 10 aromatic carbocycles. The molecule has 0 spiro atoms. The quantitative estimate of drug-likeness (QED) is 0.0366. The average molecular weight is 1550 g/mol. The highest BCUT2D eigenvalue weighted by Gasteiger charge is 2.58. The van der Waals surface area contributed by atoms with Gasteiger partial charge >= 0.3 is 0 Å². The van der Waals surface area contributed by atoms with Crippen LogP contribution in [0, 0.1) is 0 Å². The summed E-state index contributed by atoms with van der Waals surface area (Å²) >= 11 is 21.6. The molecule has 0 aliphatic carbocycles. The predicted molar refractivity (Wildman–Crippen MR) is 419 cm³/mol. The fourth-order valence-electron chi connectivity index (χ4n) is 13.4. The zero-order chi connectivity index (χ0) is 74.7. The van der Waals surface area contributed by atoms with Gasteiger partial charge < -0.3 is 71.6 Å². The Labute approximate surface area is 657 Å². The fourth-order valence-corrected chi connectivity index (χ4v) is 14.7. The van der Waals surface area contributed by atoms with Crippen LogP contribution in [0.1, 0.15) is 50.1 Å². The number of alkyl halides is 3. The maximum absolute atomic E-state index is 15.1. The average Bonchev–Trinajstić information content (AvgIpc) is 0.761. The highest BCUT2D eigenvalue weighted by Crippen LogP contribution is 2.43. The fraction of sp³-hybridized carbons (Fsp3) is 0.315. The second-order valence-electron chi connectivity index (χ2n) is 26.8. The van der Waals surface area contributed by atoms with Crippen LogP contribution in [0.3, 0.4) is 0 Å². The van der Waals surface area contributed by atoms with E-state index in [9.17, 15) is 0 Å². The molecule has 0 aromatic heterocycles. The van der Waals surface area contributed by atoms with Crippen LogP contribution in [0.5, 0.6) is 0 Å². The summed E-state index contributed by atoms with van der Waals surface area (Å²) in [6, 6.07) is 97.1. The second kappa shape index (κ2) is 41.6. The molecule has 0 bridgehead atoms. The van der Waals surface area contributed by atoms with Crippen LogP contribution >= 0.6 is 46.6 Å². The van der Waals surface area contributed by atoms with Crippen molar-refractivity contribution in [2.75, 3.05) is 19.8 Å². The first-order valence-electron chi connectivity index (χ1n) is 36.7. The molecule has 109 heavy (non-hydrogen) atoms. The molecule has 0 saturated carbocycles. The van der Waals surface area contributed by atoms with Crippen LogP contribution < -0.4 is 5.32 Å². The Morgan fingerprint density at radius 3 is 0.917 bits per heavy atom. The van der Waals surface area contributed by atoms with Gasteiger partial charge in [-0.15, -0.1) is 0 Å². The number of thioether (sulfide) groups is 1. The van der Waals surface area contributed by atoms with Gasteiger partial charge in [-0.2, -0.15) is 0 Å². The Morgan fingerprint density at radius 1 is 0.303 bits per heavy atom. The molecule has 1 amide bonds. The molecule has 10 aromatic rings. The number of hydrogen-bond donors (Lipinski definition) is 1. The molecule has 3 heterocycles. The number of amides is 1. The van der Waals surface area contributed by atoms with E-state index in [0.717, 1.165) is 55.0 Å². The Morgan fingerprint density at radius 2 is 0.569 bits per heavy atom. The van der Waals surface area contributed by atoms with Gasteiger partial charge in [-0.3, -0.25) is 4.79 Å². The van der Waals surface area contributed by atoms with Crippen LogP contribution in [-0.2, 0) is 131 Å². The summed E-state index contributed by atoms with van der Waals surface area (Å²) in [5, 5.41) is 3.09. The van der Waals surface area contributed by atoms with Crippen LogP contribution in [0.25, 0.3) is 0 Å². The first-order valence-corrected chi connectivity index (χ1v) is 38.8. The van der Waals surface area contributed by atoms with Crippen molar-refractivity contribution in [3.63, 3.8) is 0 Å². The first kappa shape index (κ1) is 79.4. The smallest absolute Gasteiger partial charge is 0.272 e. The highest BCUT2D eigenvalue weighted by molar-refractivity contribution is 7.99. The van der Waals surface area contributed by atoms with Crippen molar-refractivity contribution in [1.82, 2.24) is 5.32 Å². The third-order valence-electron chi connectivity index (χ3n) is 18.9. The molecule has 1 N–H and O–H groups in total. The summed E-state index contributed by atoms with van der Waals surface area (Å²) in [7, 11) is 0. The van der Waals surface area contributed by atoms with E-state index < -0.39 is 101 Å². The molecule has 3 aliphatic rings. The van der Waals surface area contributed by atoms with E-state index in [1.807, 2.05) is 303 Å². The number of ether oxygens (including phenoxy) is 14. The summed E-state index contributed by atoms with van der Waals surface area (Å²) in [5.41, 5.74) is 7.16. The van der Waals surface area contributed by atoms with Gasteiger partial charge in [-0.1, -0.05) is 338 Å². The van der Waals surface area contributed by atoms with Crippen LogP contribution in [0.15, 0.2) is 308 Å². The number of carbonyl (C=O) groups excluding carboxylic acids is 1. The second-order valence-corrected chi connectivity index (χ2v) is 30.3. The van der Waals surface area contributed by atoms with Crippen molar-refractivity contribution >= 4 is 52.5 Å². The lowest BCUT2D eigenvalue weighted by atomic mass is 9.94. The van der Waals surface area contributed by atoms with Crippen molar-refractivity contribution in [3.05, 3.63) is 353 Å². The largest absolute Gasteiger partial charge is 0.374 e. The Bertz CT molecular complexity index is 4210. The number of rotatable bonds is 37. The lowest BCUT2D eigenvalue weighted by Crippen LogP contribution is -2.70. The van der Waals surface area contributed by atoms with Crippen molar-refractivity contribution < 1.29 is 71.1 Å². The molecule has 20 heteroatoms. The minimum Gasteiger partial charge on any atom is -0.374 e. The van der Waals surface area contributed by atoms with Gasteiger partial charge in [-0.25, -0.2) is 0 Å². The molecular formula is C89H90Cl3NO15S. The minimum absolute atomic E-state index is 0.0105. The van der Waals surface area contributed by atoms with Gasteiger partial charge in [0.05, 0.1) is 79.3 Å². The van der Waals surface area contributed by atoms with Gasteiger partial charge in [0, 0.05) is 4.90 Å². The van der Waals surface area contributed by atoms with Crippen molar-refractivity contribution in [2.45, 2.75) is 159 Å². The zero-order valence-corrected chi connectivity index (χ0v) is 63.3. The van der Waals surface area contributed by atoms with E-state index in [-0.39, 0.29) is 72.7 Å². The maximum atomic E-state index is 15.1. The third kappa shape index (κ3) is 23.7. The molecule has 3 aliphatic heterocycles. The van der Waals surface area contributed by atoms with Gasteiger partial charge in [0.25, 0.3) is 9.70 Å². The van der Waals surface area contributed by atoms with E-state index in [1.54, 1.807) is 0 Å². The molecule has 0 unspecified atom stereocenters. The number of nitrogens with one attached hydrogen (secondary N) is 1. The summed E-state index contributed by atoms with van der Waals surface area (Å²) in [5.74, 6) is -1.02. The Kier molecular flexibility index (Phi) is 30.3. The van der Waals surface area contributed by atoms with Crippen LogP contribution in [0.2, 0.25) is 0 Å². The van der Waals surface area contributed by atoms with Crippen LogP contribution in [0.4, 0.5) is 0 Å². The Balaban J connectivity index is 0.945. The van der Waals surface area contributed by atoms with Crippen molar-refractivity contribution in [1.29, 1.82) is 0 Å². The highest BCUT2D eigenvalue weighted by atomic mass is 35.6. The van der Waals surface area contributed by atoms with E-state index in [4.69, 9.17) is 101 Å². The van der Waals surface area contributed by atoms with E-state index in [1.165, 1.54) is 11.8 Å². The maximum Gasteiger partial charge on any atom is 0.272 e.